The Morgan fingerprint density at radius 1 is 1.19 bits per heavy atom. The molecule has 0 fully saturated rings. The average Bonchev–Trinajstić information content (AvgIpc) is 3.17. The smallest absolute Gasteiger partial charge is 0.221 e. The predicted molar refractivity (Wildman–Crippen MR) is 107 cm³/mol. The number of aromatic amines is 1. The lowest BCUT2D eigenvalue weighted by Gasteiger charge is -2.31. The van der Waals surface area contributed by atoms with Gasteiger partial charge in [0.25, 0.3) is 0 Å². The van der Waals surface area contributed by atoms with E-state index in [1.165, 1.54) is 6.92 Å². The quantitative estimate of drug-likeness (QED) is 0.634. The van der Waals surface area contributed by atoms with Gasteiger partial charge in [0.2, 0.25) is 5.91 Å². The zero-order chi connectivity index (χ0) is 19.6. The van der Waals surface area contributed by atoms with E-state index in [1.54, 1.807) is 12.5 Å². The highest BCUT2D eigenvalue weighted by molar-refractivity contribution is 5.91. The van der Waals surface area contributed by atoms with E-state index in [4.69, 9.17) is 0 Å². The summed E-state index contributed by atoms with van der Waals surface area (Å²) < 4.78 is 0. The maximum Gasteiger partial charge on any atom is 0.221 e. The number of benzene rings is 2. The van der Waals surface area contributed by atoms with Crippen LogP contribution >= 0.6 is 0 Å². The van der Waals surface area contributed by atoms with Crippen molar-refractivity contribution in [1.82, 2.24) is 9.97 Å². The Morgan fingerprint density at radius 3 is 2.44 bits per heavy atom. The number of hydrogen-bond donors (Lipinski definition) is 3. The van der Waals surface area contributed by atoms with Crippen LogP contribution in [0.25, 0.3) is 11.1 Å². The molecule has 0 aliphatic heterocycles. The molecule has 1 atom stereocenters. The average molecular weight is 363 g/mol. The van der Waals surface area contributed by atoms with Crippen LogP contribution in [0, 0.1) is 12.8 Å². The summed E-state index contributed by atoms with van der Waals surface area (Å²) in [5, 5.41) is 14.2. The Balaban J connectivity index is 2.00. The first kappa shape index (κ1) is 18.9. The number of nitrogens with one attached hydrogen (secondary N) is 2. The van der Waals surface area contributed by atoms with E-state index in [-0.39, 0.29) is 11.8 Å². The van der Waals surface area contributed by atoms with Gasteiger partial charge in [-0.3, -0.25) is 4.79 Å². The number of aliphatic hydroxyl groups is 1. The molecular formula is C22H25N3O2. The summed E-state index contributed by atoms with van der Waals surface area (Å²) in [5.74, 6) is -0.124. The maximum atomic E-state index is 11.4. The van der Waals surface area contributed by atoms with Crippen LogP contribution in [0.15, 0.2) is 55.0 Å². The van der Waals surface area contributed by atoms with Crippen molar-refractivity contribution in [2.75, 3.05) is 5.32 Å². The summed E-state index contributed by atoms with van der Waals surface area (Å²) in [6, 6.07) is 13.7. The number of carbonyl (C=O) groups excluding carboxylic acids is 1. The van der Waals surface area contributed by atoms with E-state index >= 15 is 0 Å². The summed E-state index contributed by atoms with van der Waals surface area (Å²) in [7, 11) is 0. The molecular weight excluding hydrogens is 338 g/mol. The molecule has 1 amide bonds. The summed E-state index contributed by atoms with van der Waals surface area (Å²) in [6.07, 6.45) is 3.24. The van der Waals surface area contributed by atoms with E-state index < -0.39 is 5.60 Å². The molecule has 5 nitrogen and oxygen atoms in total. The molecule has 2 aromatic carbocycles. The second-order valence-electron chi connectivity index (χ2n) is 7.12. The third-order valence-corrected chi connectivity index (χ3v) is 5.02. The third kappa shape index (κ3) is 3.51. The maximum absolute atomic E-state index is 11.4. The van der Waals surface area contributed by atoms with Crippen LogP contribution in [0.3, 0.4) is 0 Å². The third-order valence-electron chi connectivity index (χ3n) is 5.02. The van der Waals surface area contributed by atoms with Crippen molar-refractivity contribution in [3.63, 3.8) is 0 Å². The van der Waals surface area contributed by atoms with Gasteiger partial charge in [0.1, 0.15) is 5.60 Å². The van der Waals surface area contributed by atoms with E-state index in [1.807, 2.05) is 63.2 Å². The standard InChI is InChI=1S/C22H25N3O2/c1-14(2)22(27,21-12-23-13-24-21)18-10-8-17(9-11-18)19-6-5-7-20(15(19)3)25-16(4)26/h5-14,27H,1-4H3,(H,23,24)(H,25,26). The van der Waals surface area contributed by atoms with Gasteiger partial charge >= 0.3 is 0 Å². The molecule has 3 rings (SSSR count). The van der Waals surface area contributed by atoms with Gasteiger partial charge in [-0.25, -0.2) is 4.98 Å². The topological polar surface area (TPSA) is 78.0 Å². The number of carbonyl (C=O) groups is 1. The van der Waals surface area contributed by atoms with Gasteiger partial charge in [0, 0.05) is 12.6 Å². The number of anilines is 1. The van der Waals surface area contributed by atoms with Crippen LogP contribution in [0.4, 0.5) is 5.69 Å². The molecule has 1 unspecified atom stereocenters. The molecule has 27 heavy (non-hydrogen) atoms. The monoisotopic (exact) mass is 363 g/mol. The molecule has 0 aliphatic rings. The van der Waals surface area contributed by atoms with Gasteiger partial charge in [-0.15, -0.1) is 0 Å². The number of nitrogens with zero attached hydrogens (tertiary/aromatic N) is 1. The lowest BCUT2D eigenvalue weighted by atomic mass is 9.80. The lowest BCUT2D eigenvalue weighted by Crippen LogP contribution is -2.33. The second-order valence-corrected chi connectivity index (χ2v) is 7.12. The number of aromatic nitrogens is 2. The van der Waals surface area contributed by atoms with Gasteiger partial charge in [-0.1, -0.05) is 50.2 Å². The van der Waals surface area contributed by atoms with Crippen LogP contribution in [0.1, 0.15) is 37.6 Å². The highest BCUT2D eigenvalue weighted by atomic mass is 16.3. The molecule has 0 saturated heterocycles. The minimum atomic E-state index is -1.14. The van der Waals surface area contributed by atoms with Gasteiger partial charge in [-0.05, 0) is 41.2 Å². The van der Waals surface area contributed by atoms with Crippen molar-refractivity contribution >= 4 is 11.6 Å². The Morgan fingerprint density at radius 2 is 1.89 bits per heavy atom. The molecule has 3 N–H and O–H groups in total. The molecule has 0 aliphatic carbocycles. The minimum absolute atomic E-state index is 0.0337. The number of imidazole rings is 1. The van der Waals surface area contributed by atoms with Crippen molar-refractivity contribution in [2.45, 2.75) is 33.3 Å². The highest BCUT2D eigenvalue weighted by Crippen LogP contribution is 2.37. The molecule has 0 spiro atoms. The highest BCUT2D eigenvalue weighted by Gasteiger charge is 2.36. The normalized spacial score (nSPS) is 13.4. The molecule has 5 heteroatoms. The predicted octanol–water partition coefficient (Wildman–Crippen LogP) is 4.24. The molecule has 1 heterocycles. The Labute approximate surface area is 159 Å². The summed E-state index contributed by atoms with van der Waals surface area (Å²) in [6.45, 7) is 7.46. The van der Waals surface area contributed by atoms with Crippen LogP contribution in [-0.4, -0.2) is 21.0 Å². The molecule has 1 aromatic heterocycles. The fourth-order valence-electron chi connectivity index (χ4n) is 3.44. The van der Waals surface area contributed by atoms with Gasteiger partial charge in [0.15, 0.2) is 0 Å². The zero-order valence-corrected chi connectivity index (χ0v) is 16.1. The molecule has 0 bridgehead atoms. The van der Waals surface area contributed by atoms with Crippen molar-refractivity contribution < 1.29 is 9.90 Å². The largest absolute Gasteiger partial charge is 0.379 e. The number of rotatable bonds is 5. The molecule has 0 radical (unpaired) electrons. The summed E-state index contributed by atoms with van der Waals surface area (Å²) in [4.78, 5) is 18.5. The minimum Gasteiger partial charge on any atom is -0.379 e. The van der Waals surface area contributed by atoms with Crippen molar-refractivity contribution in [3.05, 3.63) is 71.8 Å². The fourth-order valence-corrected chi connectivity index (χ4v) is 3.44. The Kier molecular flexibility index (Phi) is 5.15. The van der Waals surface area contributed by atoms with E-state index in [0.29, 0.717) is 5.69 Å². The number of H-pyrrole nitrogens is 1. The van der Waals surface area contributed by atoms with Gasteiger partial charge in [0.05, 0.1) is 18.2 Å². The Bertz CT molecular complexity index is 931. The molecule has 3 aromatic rings. The first-order valence-corrected chi connectivity index (χ1v) is 9.03. The number of amides is 1. The van der Waals surface area contributed by atoms with Crippen LogP contribution in [0.2, 0.25) is 0 Å². The van der Waals surface area contributed by atoms with Crippen LogP contribution in [-0.2, 0) is 10.4 Å². The first-order valence-electron chi connectivity index (χ1n) is 9.03. The van der Waals surface area contributed by atoms with Gasteiger partial charge in [-0.2, -0.15) is 0 Å². The van der Waals surface area contributed by atoms with Crippen molar-refractivity contribution in [1.29, 1.82) is 0 Å². The zero-order valence-electron chi connectivity index (χ0n) is 16.1. The summed E-state index contributed by atoms with van der Waals surface area (Å²) >= 11 is 0. The Hall–Kier alpha value is -2.92. The first-order chi connectivity index (χ1) is 12.8. The van der Waals surface area contributed by atoms with Crippen molar-refractivity contribution in [2.24, 2.45) is 5.92 Å². The van der Waals surface area contributed by atoms with E-state index in [9.17, 15) is 9.90 Å². The molecule has 140 valence electrons. The number of hydrogen-bond acceptors (Lipinski definition) is 3. The van der Waals surface area contributed by atoms with E-state index in [2.05, 4.69) is 15.3 Å². The van der Waals surface area contributed by atoms with Crippen molar-refractivity contribution in [3.8, 4) is 11.1 Å². The fraction of sp³-hybridized carbons (Fsp3) is 0.273. The van der Waals surface area contributed by atoms with Crippen LogP contribution < -0.4 is 5.32 Å². The second kappa shape index (κ2) is 7.37. The summed E-state index contributed by atoms with van der Waals surface area (Å²) in [5.41, 5.74) is 4.23. The lowest BCUT2D eigenvalue weighted by molar-refractivity contribution is -0.114. The molecule has 0 saturated carbocycles. The van der Waals surface area contributed by atoms with Gasteiger partial charge < -0.3 is 15.4 Å². The SMILES string of the molecule is CC(=O)Nc1cccc(-c2ccc(C(O)(c3cnc[nH]3)C(C)C)cc2)c1C. The van der Waals surface area contributed by atoms with E-state index in [0.717, 1.165) is 27.9 Å². The van der Waals surface area contributed by atoms with Crippen LogP contribution in [0.5, 0.6) is 0 Å².